The zero-order valence-corrected chi connectivity index (χ0v) is 14.2. The largest absolute Gasteiger partial charge is 0.501 e. The van der Waals surface area contributed by atoms with Crippen LogP contribution >= 0.6 is 11.6 Å². The van der Waals surface area contributed by atoms with Crippen molar-refractivity contribution in [3.63, 3.8) is 0 Å². The van der Waals surface area contributed by atoms with Gasteiger partial charge < -0.3 is 4.74 Å². The minimum atomic E-state index is 0.223. The average Bonchev–Trinajstić information content (AvgIpc) is 3.09. The first-order valence-electron chi connectivity index (χ1n) is 7.60. The molecule has 0 aromatic carbocycles. The average molecular weight is 327 g/mol. The highest BCUT2D eigenvalue weighted by atomic mass is 35.5. The normalized spacial score (nSPS) is 16.0. The van der Waals surface area contributed by atoms with Crippen LogP contribution in [0.25, 0.3) is 5.57 Å². The zero-order chi connectivity index (χ0) is 16.8. The molecular weight excluding hydrogens is 308 g/mol. The van der Waals surface area contributed by atoms with Crippen LogP contribution in [0.3, 0.4) is 0 Å². The smallest absolute Gasteiger partial charge is 0.147 e. The molecule has 0 amide bonds. The van der Waals surface area contributed by atoms with Gasteiger partial charge in [0.05, 0.1) is 18.4 Å². The molecule has 1 aliphatic carbocycles. The van der Waals surface area contributed by atoms with Gasteiger partial charge in [0.25, 0.3) is 0 Å². The van der Waals surface area contributed by atoms with Gasteiger partial charge in [0.1, 0.15) is 11.2 Å². The number of aromatic nitrogens is 1. The lowest BCUT2D eigenvalue weighted by molar-refractivity contribution is 0.294. The predicted molar refractivity (Wildman–Crippen MR) is 92.7 cm³/mol. The Labute approximate surface area is 142 Å². The second-order valence-corrected chi connectivity index (χ2v) is 5.92. The number of rotatable bonds is 4. The molecular formula is C19H19ClN2O. The van der Waals surface area contributed by atoms with E-state index in [-0.39, 0.29) is 5.15 Å². The fourth-order valence-electron chi connectivity index (χ4n) is 2.77. The molecule has 1 heterocycles. The highest BCUT2D eigenvalue weighted by Gasteiger charge is 2.22. The molecule has 0 N–H and O–H groups in total. The van der Waals surface area contributed by atoms with Crippen LogP contribution in [-0.2, 0) is 4.74 Å². The van der Waals surface area contributed by atoms with Crippen LogP contribution in [0.15, 0.2) is 24.0 Å². The number of halogens is 1. The standard InChI is InChI=1S/C19H19ClN2O/c1-4-14(10-9-13(2)23-3)16-11-18(15-7-5-6-8-15)22-19(20)17(16)12-21/h1,9-11,15H,5-8H2,2-3H3. The van der Waals surface area contributed by atoms with Gasteiger partial charge in [-0.25, -0.2) is 4.98 Å². The molecule has 4 heteroatoms. The maximum atomic E-state index is 9.41. The molecule has 0 radical (unpaired) electrons. The van der Waals surface area contributed by atoms with Gasteiger partial charge in [0.2, 0.25) is 0 Å². The van der Waals surface area contributed by atoms with Crippen LogP contribution in [0.1, 0.15) is 55.3 Å². The summed E-state index contributed by atoms with van der Waals surface area (Å²) in [4.78, 5) is 4.42. The van der Waals surface area contributed by atoms with Crippen molar-refractivity contribution >= 4 is 17.2 Å². The number of ether oxygens (including phenoxy) is 1. The molecule has 0 saturated heterocycles. The monoisotopic (exact) mass is 326 g/mol. The van der Waals surface area contributed by atoms with Crippen LogP contribution < -0.4 is 0 Å². The van der Waals surface area contributed by atoms with Crippen molar-refractivity contribution in [3.8, 4) is 18.4 Å². The van der Waals surface area contributed by atoms with Crippen LogP contribution in [-0.4, -0.2) is 12.1 Å². The van der Waals surface area contributed by atoms with Gasteiger partial charge in [-0.15, -0.1) is 6.42 Å². The molecule has 23 heavy (non-hydrogen) atoms. The molecule has 0 bridgehead atoms. The number of hydrogen-bond donors (Lipinski definition) is 0. The molecule has 118 valence electrons. The Kier molecular flexibility index (Phi) is 5.85. The first-order valence-corrected chi connectivity index (χ1v) is 7.98. The number of hydrogen-bond acceptors (Lipinski definition) is 3. The number of allylic oxidation sites excluding steroid dienone is 4. The number of nitrogens with zero attached hydrogens (tertiary/aromatic N) is 2. The highest BCUT2D eigenvalue weighted by molar-refractivity contribution is 6.30. The summed E-state index contributed by atoms with van der Waals surface area (Å²) in [6.45, 7) is 1.83. The number of nitriles is 1. The second-order valence-electron chi connectivity index (χ2n) is 5.56. The Morgan fingerprint density at radius 3 is 2.70 bits per heavy atom. The zero-order valence-electron chi connectivity index (χ0n) is 13.4. The summed E-state index contributed by atoms with van der Waals surface area (Å²) in [5.41, 5.74) is 2.51. The van der Waals surface area contributed by atoms with Gasteiger partial charge in [-0.2, -0.15) is 5.26 Å². The Morgan fingerprint density at radius 1 is 1.43 bits per heavy atom. The molecule has 1 saturated carbocycles. The van der Waals surface area contributed by atoms with Gasteiger partial charge >= 0.3 is 0 Å². The number of terminal acetylenes is 1. The van der Waals surface area contributed by atoms with Gasteiger partial charge in [0.15, 0.2) is 0 Å². The van der Waals surface area contributed by atoms with Crippen LogP contribution in [0.5, 0.6) is 0 Å². The summed E-state index contributed by atoms with van der Waals surface area (Å²) < 4.78 is 5.11. The maximum absolute atomic E-state index is 9.41. The van der Waals surface area contributed by atoms with E-state index in [1.54, 1.807) is 19.3 Å². The van der Waals surface area contributed by atoms with E-state index >= 15 is 0 Å². The second kappa shape index (κ2) is 7.86. The van der Waals surface area contributed by atoms with Crippen molar-refractivity contribution in [1.29, 1.82) is 5.26 Å². The fourth-order valence-corrected chi connectivity index (χ4v) is 3.01. The molecule has 1 aromatic heterocycles. The summed E-state index contributed by atoms with van der Waals surface area (Å²) >= 11 is 6.23. The topological polar surface area (TPSA) is 45.9 Å². The van der Waals surface area contributed by atoms with Crippen LogP contribution in [0.4, 0.5) is 0 Å². The minimum Gasteiger partial charge on any atom is -0.501 e. The molecule has 1 aromatic rings. The molecule has 0 unspecified atom stereocenters. The predicted octanol–water partition coefficient (Wildman–Crippen LogP) is 4.83. The lowest BCUT2D eigenvalue weighted by atomic mass is 9.96. The van der Waals surface area contributed by atoms with Crippen LogP contribution in [0, 0.1) is 23.7 Å². The lowest BCUT2D eigenvalue weighted by Gasteiger charge is -2.13. The van der Waals surface area contributed by atoms with E-state index in [4.69, 9.17) is 22.8 Å². The van der Waals surface area contributed by atoms with Gasteiger partial charge in [0, 0.05) is 22.7 Å². The number of methoxy groups -OCH3 is 1. The summed E-state index contributed by atoms with van der Waals surface area (Å²) in [6.07, 6.45) is 13.8. The van der Waals surface area contributed by atoms with Crippen LogP contribution in [0.2, 0.25) is 5.15 Å². The van der Waals surface area contributed by atoms with E-state index in [1.807, 2.05) is 13.0 Å². The summed E-state index contributed by atoms with van der Waals surface area (Å²) in [5.74, 6) is 3.77. The molecule has 0 spiro atoms. The van der Waals surface area contributed by atoms with E-state index in [2.05, 4.69) is 17.0 Å². The van der Waals surface area contributed by atoms with E-state index < -0.39 is 0 Å². The number of pyridine rings is 1. The molecule has 1 fully saturated rings. The Morgan fingerprint density at radius 2 is 2.13 bits per heavy atom. The molecule has 2 rings (SSSR count). The van der Waals surface area contributed by atoms with Crippen molar-refractivity contribution in [2.24, 2.45) is 0 Å². The van der Waals surface area contributed by atoms with Crippen molar-refractivity contribution in [2.45, 2.75) is 38.5 Å². The summed E-state index contributed by atoms with van der Waals surface area (Å²) in [5, 5.41) is 9.64. The SMILES string of the molecule is C#CC(=CC=C(C)OC)c1cc(C2CCCC2)nc(Cl)c1C#N. The third-order valence-corrected chi connectivity index (χ3v) is 4.41. The van der Waals surface area contributed by atoms with Gasteiger partial charge in [-0.3, -0.25) is 0 Å². The molecule has 0 atom stereocenters. The third kappa shape index (κ3) is 3.95. The first-order chi connectivity index (χ1) is 11.1. The summed E-state index contributed by atoms with van der Waals surface area (Å²) in [6, 6.07) is 4.03. The quantitative estimate of drug-likeness (QED) is 0.344. The maximum Gasteiger partial charge on any atom is 0.147 e. The minimum absolute atomic E-state index is 0.223. The van der Waals surface area contributed by atoms with Crippen molar-refractivity contribution < 1.29 is 4.74 Å². The van der Waals surface area contributed by atoms with E-state index in [1.165, 1.54) is 12.8 Å². The third-order valence-electron chi connectivity index (χ3n) is 4.13. The molecule has 1 aliphatic rings. The van der Waals surface area contributed by atoms with E-state index in [0.29, 0.717) is 22.6 Å². The van der Waals surface area contributed by atoms with Crippen molar-refractivity contribution in [2.75, 3.05) is 7.11 Å². The highest BCUT2D eigenvalue weighted by Crippen LogP contribution is 2.36. The van der Waals surface area contributed by atoms with Gasteiger partial charge in [-0.05, 0) is 38.0 Å². The summed E-state index contributed by atoms with van der Waals surface area (Å²) in [7, 11) is 1.59. The Balaban J connectivity index is 2.54. The van der Waals surface area contributed by atoms with Gasteiger partial charge in [-0.1, -0.05) is 30.4 Å². The fraction of sp³-hybridized carbons (Fsp3) is 0.368. The van der Waals surface area contributed by atoms with E-state index in [9.17, 15) is 5.26 Å². The first kappa shape index (κ1) is 17.1. The molecule has 0 aliphatic heterocycles. The van der Waals surface area contributed by atoms with Crippen molar-refractivity contribution in [3.05, 3.63) is 46.0 Å². The Bertz CT molecular complexity index is 729. The van der Waals surface area contributed by atoms with E-state index in [0.717, 1.165) is 24.3 Å². The van der Waals surface area contributed by atoms with Crippen molar-refractivity contribution in [1.82, 2.24) is 4.98 Å². The molecule has 3 nitrogen and oxygen atoms in total. The Hall–Kier alpha value is -2.23. The lowest BCUT2D eigenvalue weighted by Crippen LogP contribution is -2.02.